The van der Waals surface area contributed by atoms with Crippen molar-refractivity contribution in [3.63, 3.8) is 0 Å². The van der Waals surface area contributed by atoms with Crippen molar-refractivity contribution in [1.82, 2.24) is 0 Å². The van der Waals surface area contributed by atoms with Crippen LogP contribution in [0.4, 0.5) is 10.1 Å². The van der Waals surface area contributed by atoms with E-state index < -0.39 is 5.82 Å². The van der Waals surface area contributed by atoms with Crippen LogP contribution in [-0.2, 0) is 4.74 Å². The molecule has 0 unspecified atom stereocenters. The number of hydrogen-bond acceptors (Lipinski definition) is 4. The Morgan fingerprint density at radius 2 is 1.80 bits per heavy atom. The number of carbonyl (C=O) groups is 1. The fraction of sp³-hybridized carbons (Fsp3) is 0.174. The third kappa shape index (κ3) is 4.59. The van der Waals surface area contributed by atoms with Crippen LogP contribution < -0.4 is 4.90 Å². The van der Waals surface area contributed by atoms with Gasteiger partial charge in [-0.2, -0.15) is 0 Å². The van der Waals surface area contributed by atoms with E-state index in [2.05, 4.69) is 0 Å². The van der Waals surface area contributed by atoms with Crippen LogP contribution in [0.15, 0.2) is 59.0 Å². The first-order chi connectivity index (χ1) is 14.5. The molecule has 1 aliphatic rings. The molecular formula is C23H18Cl2FNO3. The molecule has 0 atom stereocenters. The number of carbonyl (C=O) groups excluding carboxylic acids is 1. The number of benzene rings is 2. The van der Waals surface area contributed by atoms with Gasteiger partial charge in [-0.1, -0.05) is 23.2 Å². The summed E-state index contributed by atoms with van der Waals surface area (Å²) < 4.78 is 25.5. The first-order valence-electron chi connectivity index (χ1n) is 9.41. The van der Waals surface area contributed by atoms with Gasteiger partial charge in [-0.05, 0) is 60.7 Å². The standard InChI is InChI=1S/C23H18Cl2FNO3/c24-18-5-1-16(13-19(18)25)23-8-4-17(30-23)3-7-22(28)15-2-6-21(20(26)14-15)27-9-11-29-12-10-27/h1-8,13-14H,9-12H2/b7-3-. The molecule has 0 saturated carbocycles. The van der Waals surface area contributed by atoms with Gasteiger partial charge in [0.1, 0.15) is 17.3 Å². The second-order valence-electron chi connectivity index (χ2n) is 6.79. The number of furan rings is 1. The Kier molecular flexibility index (Phi) is 6.23. The van der Waals surface area contributed by atoms with Crippen LogP contribution in [0.25, 0.3) is 17.4 Å². The Hall–Kier alpha value is -2.60. The summed E-state index contributed by atoms with van der Waals surface area (Å²) in [5.41, 5.74) is 1.53. The van der Waals surface area contributed by atoms with Gasteiger partial charge in [0.15, 0.2) is 5.78 Å². The van der Waals surface area contributed by atoms with Gasteiger partial charge in [0.2, 0.25) is 0 Å². The second-order valence-corrected chi connectivity index (χ2v) is 7.61. The predicted molar refractivity (Wildman–Crippen MR) is 117 cm³/mol. The minimum Gasteiger partial charge on any atom is -0.457 e. The molecule has 1 aliphatic heterocycles. The van der Waals surface area contributed by atoms with Crippen molar-refractivity contribution in [2.75, 3.05) is 31.2 Å². The van der Waals surface area contributed by atoms with Gasteiger partial charge in [0.05, 0.1) is 28.9 Å². The van der Waals surface area contributed by atoms with Crippen LogP contribution in [0.1, 0.15) is 16.1 Å². The molecule has 4 nitrogen and oxygen atoms in total. The van der Waals surface area contributed by atoms with E-state index in [1.54, 1.807) is 48.5 Å². The van der Waals surface area contributed by atoms with E-state index in [4.69, 9.17) is 32.4 Å². The second kappa shape index (κ2) is 9.04. The Balaban J connectivity index is 1.46. The normalized spacial score (nSPS) is 14.4. The summed E-state index contributed by atoms with van der Waals surface area (Å²) in [5, 5.41) is 0.893. The number of ketones is 1. The Morgan fingerprint density at radius 1 is 1.00 bits per heavy atom. The maximum Gasteiger partial charge on any atom is 0.186 e. The Morgan fingerprint density at radius 3 is 2.53 bits per heavy atom. The molecule has 0 amide bonds. The minimum absolute atomic E-state index is 0.275. The molecule has 3 aromatic rings. The fourth-order valence-electron chi connectivity index (χ4n) is 3.22. The molecule has 0 aliphatic carbocycles. The van der Waals surface area contributed by atoms with Gasteiger partial charge >= 0.3 is 0 Å². The number of nitrogens with zero attached hydrogens (tertiary/aromatic N) is 1. The highest BCUT2D eigenvalue weighted by atomic mass is 35.5. The Labute approximate surface area is 183 Å². The van der Waals surface area contributed by atoms with E-state index in [1.165, 1.54) is 12.1 Å². The smallest absolute Gasteiger partial charge is 0.186 e. The average Bonchev–Trinajstić information content (AvgIpc) is 3.23. The maximum atomic E-state index is 14.5. The molecule has 1 saturated heterocycles. The van der Waals surface area contributed by atoms with Crippen molar-refractivity contribution in [2.24, 2.45) is 0 Å². The topological polar surface area (TPSA) is 42.7 Å². The largest absolute Gasteiger partial charge is 0.457 e. The molecule has 1 fully saturated rings. The molecule has 0 spiro atoms. The summed E-state index contributed by atoms with van der Waals surface area (Å²) in [5.74, 6) is 0.363. The van der Waals surface area contributed by atoms with Crippen LogP contribution in [0, 0.1) is 5.82 Å². The lowest BCUT2D eigenvalue weighted by Gasteiger charge is -2.29. The zero-order chi connectivity index (χ0) is 21.1. The van der Waals surface area contributed by atoms with Gasteiger partial charge in [0, 0.05) is 24.2 Å². The summed E-state index contributed by atoms with van der Waals surface area (Å²) in [4.78, 5) is 14.4. The zero-order valence-electron chi connectivity index (χ0n) is 15.9. The molecule has 30 heavy (non-hydrogen) atoms. The van der Waals surface area contributed by atoms with E-state index in [0.717, 1.165) is 5.56 Å². The molecule has 2 aromatic carbocycles. The molecule has 154 valence electrons. The van der Waals surface area contributed by atoms with Crippen LogP contribution >= 0.6 is 23.2 Å². The molecule has 4 rings (SSSR count). The van der Waals surface area contributed by atoms with Crippen LogP contribution in [0.5, 0.6) is 0 Å². The van der Waals surface area contributed by atoms with Gasteiger partial charge in [-0.3, -0.25) is 4.79 Å². The van der Waals surface area contributed by atoms with Crippen LogP contribution in [-0.4, -0.2) is 32.1 Å². The average molecular weight is 446 g/mol. The van der Waals surface area contributed by atoms with Gasteiger partial charge < -0.3 is 14.1 Å². The van der Waals surface area contributed by atoms with Crippen LogP contribution in [0.2, 0.25) is 10.0 Å². The number of halogens is 3. The SMILES string of the molecule is O=C(/C=C\c1ccc(-c2ccc(Cl)c(Cl)c2)o1)c1ccc(N2CCOCC2)c(F)c1. The number of rotatable bonds is 5. The first-order valence-corrected chi connectivity index (χ1v) is 10.2. The predicted octanol–water partition coefficient (Wildman–Crippen LogP) is 6.13. The minimum atomic E-state index is -0.420. The monoisotopic (exact) mass is 445 g/mol. The van der Waals surface area contributed by atoms with E-state index in [1.807, 2.05) is 4.90 Å². The highest BCUT2D eigenvalue weighted by Gasteiger charge is 2.16. The van der Waals surface area contributed by atoms with Crippen molar-refractivity contribution in [1.29, 1.82) is 0 Å². The fourth-order valence-corrected chi connectivity index (χ4v) is 3.52. The molecule has 0 N–H and O–H groups in total. The molecule has 7 heteroatoms. The van der Waals surface area contributed by atoms with Crippen LogP contribution in [0.3, 0.4) is 0 Å². The quantitative estimate of drug-likeness (QED) is 0.350. The number of morpholine rings is 1. The highest BCUT2D eigenvalue weighted by Crippen LogP contribution is 2.30. The Bertz CT molecular complexity index is 1100. The van der Waals surface area contributed by atoms with Gasteiger partial charge in [0.25, 0.3) is 0 Å². The third-order valence-electron chi connectivity index (χ3n) is 4.81. The molecule has 1 aromatic heterocycles. The number of anilines is 1. The third-order valence-corrected chi connectivity index (χ3v) is 5.55. The van der Waals surface area contributed by atoms with E-state index in [0.29, 0.717) is 53.6 Å². The summed E-state index contributed by atoms with van der Waals surface area (Å²) in [6, 6.07) is 13.2. The van der Waals surface area contributed by atoms with Crippen molar-refractivity contribution >= 4 is 40.7 Å². The van der Waals surface area contributed by atoms with Crippen molar-refractivity contribution in [3.8, 4) is 11.3 Å². The highest BCUT2D eigenvalue weighted by molar-refractivity contribution is 6.42. The summed E-state index contributed by atoms with van der Waals surface area (Å²) >= 11 is 12.0. The lowest BCUT2D eigenvalue weighted by Crippen LogP contribution is -2.36. The first kappa shape index (κ1) is 20.7. The number of hydrogen-bond donors (Lipinski definition) is 0. The van der Waals surface area contributed by atoms with Crippen molar-refractivity contribution in [3.05, 3.63) is 81.8 Å². The van der Waals surface area contributed by atoms with Gasteiger partial charge in [-0.15, -0.1) is 0 Å². The van der Waals surface area contributed by atoms with Crippen molar-refractivity contribution in [2.45, 2.75) is 0 Å². The van der Waals surface area contributed by atoms with E-state index >= 15 is 0 Å². The van der Waals surface area contributed by atoms with E-state index in [-0.39, 0.29) is 11.3 Å². The lowest BCUT2D eigenvalue weighted by molar-refractivity contribution is 0.104. The summed E-state index contributed by atoms with van der Waals surface area (Å²) in [6.45, 7) is 2.39. The summed E-state index contributed by atoms with van der Waals surface area (Å²) in [6.07, 6.45) is 2.91. The molecule has 2 heterocycles. The zero-order valence-corrected chi connectivity index (χ0v) is 17.4. The lowest BCUT2D eigenvalue weighted by atomic mass is 10.1. The van der Waals surface area contributed by atoms with E-state index in [9.17, 15) is 9.18 Å². The van der Waals surface area contributed by atoms with Gasteiger partial charge in [-0.25, -0.2) is 4.39 Å². The molecule has 0 bridgehead atoms. The number of ether oxygens (including phenoxy) is 1. The maximum absolute atomic E-state index is 14.5. The number of allylic oxidation sites excluding steroid dienone is 1. The molecular weight excluding hydrogens is 428 g/mol. The summed E-state index contributed by atoms with van der Waals surface area (Å²) in [7, 11) is 0. The molecule has 0 radical (unpaired) electrons. The van der Waals surface area contributed by atoms with Crippen molar-refractivity contribution < 1.29 is 18.3 Å².